The molecule has 19 heavy (non-hydrogen) atoms. The van der Waals surface area contributed by atoms with Crippen molar-refractivity contribution in [3.8, 4) is 0 Å². The number of carbonyl (C=O) groups excluding carboxylic acids is 1. The van der Waals surface area contributed by atoms with E-state index < -0.39 is 11.8 Å². The van der Waals surface area contributed by atoms with E-state index in [4.69, 9.17) is 0 Å². The number of anilines is 2. The standard InChI is InChI=1S/C15H15FN2O/c1-10-6-5-7-11(2)14(10)18-15(19)17-13-9-4-3-8-12(13)16/h3-9H,1-2H3,(H2,17,18,19). The fraction of sp³-hybridized carbons (Fsp3) is 0.133. The number of urea groups is 1. The highest BCUT2D eigenvalue weighted by Gasteiger charge is 2.09. The largest absolute Gasteiger partial charge is 0.323 e. The lowest BCUT2D eigenvalue weighted by Crippen LogP contribution is -2.21. The summed E-state index contributed by atoms with van der Waals surface area (Å²) in [6, 6.07) is 11.3. The summed E-state index contributed by atoms with van der Waals surface area (Å²) in [5.74, 6) is -0.459. The summed E-state index contributed by atoms with van der Waals surface area (Å²) in [4.78, 5) is 11.8. The van der Waals surface area contributed by atoms with Gasteiger partial charge in [-0.15, -0.1) is 0 Å². The Kier molecular flexibility index (Phi) is 3.80. The number of carbonyl (C=O) groups is 1. The van der Waals surface area contributed by atoms with E-state index in [1.54, 1.807) is 12.1 Å². The Hall–Kier alpha value is -2.36. The molecule has 98 valence electrons. The topological polar surface area (TPSA) is 41.1 Å². The first kappa shape index (κ1) is 13.1. The number of hydrogen-bond acceptors (Lipinski definition) is 1. The molecule has 0 bridgehead atoms. The molecule has 0 aliphatic heterocycles. The molecule has 2 N–H and O–H groups in total. The number of benzene rings is 2. The van der Waals surface area contributed by atoms with Crippen LogP contribution in [0.5, 0.6) is 0 Å². The molecule has 0 saturated heterocycles. The summed E-state index contributed by atoms with van der Waals surface area (Å²) < 4.78 is 13.4. The lowest BCUT2D eigenvalue weighted by molar-refractivity contribution is 0.262. The van der Waals surface area contributed by atoms with E-state index in [0.717, 1.165) is 16.8 Å². The molecule has 2 aromatic carbocycles. The summed E-state index contributed by atoms with van der Waals surface area (Å²) in [5, 5.41) is 5.23. The van der Waals surface area contributed by atoms with E-state index in [2.05, 4.69) is 10.6 Å². The third-order valence-corrected chi connectivity index (χ3v) is 2.84. The van der Waals surface area contributed by atoms with Crippen LogP contribution in [0.3, 0.4) is 0 Å². The number of nitrogens with one attached hydrogen (secondary N) is 2. The molecule has 3 nitrogen and oxygen atoms in total. The van der Waals surface area contributed by atoms with Gasteiger partial charge in [-0.25, -0.2) is 9.18 Å². The van der Waals surface area contributed by atoms with Crippen LogP contribution >= 0.6 is 0 Å². The Morgan fingerprint density at radius 1 is 0.947 bits per heavy atom. The number of amides is 2. The van der Waals surface area contributed by atoms with E-state index in [-0.39, 0.29) is 5.69 Å². The number of rotatable bonds is 2. The molecule has 0 aliphatic rings. The van der Waals surface area contributed by atoms with Crippen LogP contribution in [0.2, 0.25) is 0 Å². The first-order valence-corrected chi connectivity index (χ1v) is 5.96. The van der Waals surface area contributed by atoms with Gasteiger partial charge in [0.1, 0.15) is 5.82 Å². The van der Waals surface area contributed by atoms with Crippen LogP contribution in [-0.4, -0.2) is 6.03 Å². The number of halogens is 1. The molecule has 0 unspecified atom stereocenters. The van der Waals surface area contributed by atoms with E-state index in [1.165, 1.54) is 12.1 Å². The molecular weight excluding hydrogens is 243 g/mol. The van der Waals surface area contributed by atoms with E-state index in [1.807, 2.05) is 32.0 Å². The van der Waals surface area contributed by atoms with Crippen LogP contribution in [-0.2, 0) is 0 Å². The second-order valence-corrected chi connectivity index (χ2v) is 4.33. The van der Waals surface area contributed by atoms with Crippen molar-refractivity contribution in [2.45, 2.75) is 13.8 Å². The molecular formula is C15H15FN2O. The molecule has 4 heteroatoms. The van der Waals surface area contributed by atoms with Gasteiger partial charge < -0.3 is 10.6 Å². The van der Waals surface area contributed by atoms with Crippen molar-refractivity contribution in [3.05, 3.63) is 59.4 Å². The minimum Gasteiger partial charge on any atom is -0.307 e. The highest BCUT2D eigenvalue weighted by Crippen LogP contribution is 2.20. The number of aryl methyl sites for hydroxylation is 2. The fourth-order valence-corrected chi connectivity index (χ4v) is 1.84. The Labute approximate surface area is 111 Å². The summed E-state index contributed by atoms with van der Waals surface area (Å²) in [6.07, 6.45) is 0. The van der Waals surface area contributed by atoms with Crippen molar-refractivity contribution in [3.63, 3.8) is 0 Å². The van der Waals surface area contributed by atoms with Gasteiger partial charge in [0.05, 0.1) is 5.69 Å². The molecule has 2 amide bonds. The Bertz CT molecular complexity index is 591. The summed E-state index contributed by atoms with van der Waals surface area (Å²) >= 11 is 0. The molecule has 2 rings (SSSR count). The third-order valence-electron chi connectivity index (χ3n) is 2.84. The van der Waals surface area contributed by atoms with E-state index >= 15 is 0 Å². The predicted molar refractivity (Wildman–Crippen MR) is 75.0 cm³/mol. The maximum Gasteiger partial charge on any atom is 0.323 e. The van der Waals surface area contributed by atoms with Gasteiger partial charge in [0.15, 0.2) is 0 Å². The summed E-state index contributed by atoms with van der Waals surface area (Å²) in [7, 11) is 0. The molecule has 0 spiro atoms. The van der Waals surface area contributed by atoms with Crippen molar-refractivity contribution >= 4 is 17.4 Å². The predicted octanol–water partition coefficient (Wildman–Crippen LogP) is 4.09. The van der Waals surface area contributed by atoms with E-state index in [0.29, 0.717) is 0 Å². The van der Waals surface area contributed by atoms with Crippen LogP contribution in [0, 0.1) is 19.7 Å². The number of para-hydroxylation sites is 2. The molecule has 0 radical (unpaired) electrons. The van der Waals surface area contributed by atoms with Gasteiger partial charge in [-0.05, 0) is 37.1 Å². The van der Waals surface area contributed by atoms with Crippen LogP contribution in [0.1, 0.15) is 11.1 Å². The van der Waals surface area contributed by atoms with Gasteiger partial charge in [0, 0.05) is 5.69 Å². The van der Waals surface area contributed by atoms with Gasteiger partial charge in [-0.1, -0.05) is 30.3 Å². The summed E-state index contributed by atoms with van der Waals surface area (Å²) in [5.41, 5.74) is 2.83. The lowest BCUT2D eigenvalue weighted by atomic mass is 10.1. The Morgan fingerprint density at radius 2 is 1.58 bits per heavy atom. The van der Waals surface area contributed by atoms with Crippen LogP contribution in [0.25, 0.3) is 0 Å². The molecule has 0 saturated carbocycles. The molecule has 0 aliphatic carbocycles. The van der Waals surface area contributed by atoms with Gasteiger partial charge in [-0.3, -0.25) is 0 Å². The Morgan fingerprint density at radius 3 is 2.21 bits per heavy atom. The molecule has 0 atom stereocenters. The zero-order chi connectivity index (χ0) is 13.8. The fourth-order valence-electron chi connectivity index (χ4n) is 1.84. The smallest absolute Gasteiger partial charge is 0.307 e. The van der Waals surface area contributed by atoms with Gasteiger partial charge in [-0.2, -0.15) is 0 Å². The second kappa shape index (κ2) is 5.52. The number of hydrogen-bond donors (Lipinski definition) is 2. The minimum atomic E-state index is -0.459. The van der Waals surface area contributed by atoms with Crippen molar-refractivity contribution < 1.29 is 9.18 Å². The zero-order valence-corrected chi connectivity index (χ0v) is 10.8. The van der Waals surface area contributed by atoms with Crippen LogP contribution in [0.15, 0.2) is 42.5 Å². The lowest BCUT2D eigenvalue weighted by Gasteiger charge is -2.12. The average molecular weight is 258 g/mol. The minimum absolute atomic E-state index is 0.159. The highest BCUT2D eigenvalue weighted by molar-refractivity contribution is 6.00. The SMILES string of the molecule is Cc1cccc(C)c1NC(=O)Nc1ccccc1F. The maximum absolute atomic E-state index is 13.4. The monoisotopic (exact) mass is 258 g/mol. The van der Waals surface area contributed by atoms with E-state index in [9.17, 15) is 9.18 Å². The summed E-state index contributed by atoms with van der Waals surface area (Å²) in [6.45, 7) is 3.82. The first-order valence-electron chi connectivity index (χ1n) is 5.96. The van der Waals surface area contributed by atoms with Gasteiger partial charge in [0.2, 0.25) is 0 Å². The van der Waals surface area contributed by atoms with Crippen molar-refractivity contribution in [1.82, 2.24) is 0 Å². The van der Waals surface area contributed by atoms with Gasteiger partial charge >= 0.3 is 6.03 Å². The molecule has 2 aromatic rings. The first-order chi connectivity index (χ1) is 9.08. The average Bonchev–Trinajstić information content (AvgIpc) is 2.37. The Balaban J connectivity index is 2.12. The zero-order valence-electron chi connectivity index (χ0n) is 10.8. The van der Waals surface area contributed by atoms with Crippen LogP contribution < -0.4 is 10.6 Å². The van der Waals surface area contributed by atoms with Gasteiger partial charge in [0.25, 0.3) is 0 Å². The maximum atomic E-state index is 13.4. The van der Waals surface area contributed by atoms with Crippen molar-refractivity contribution in [2.75, 3.05) is 10.6 Å². The quantitative estimate of drug-likeness (QED) is 0.837. The van der Waals surface area contributed by atoms with Crippen molar-refractivity contribution in [1.29, 1.82) is 0 Å². The normalized spacial score (nSPS) is 10.1. The molecule has 0 heterocycles. The second-order valence-electron chi connectivity index (χ2n) is 4.33. The highest BCUT2D eigenvalue weighted by atomic mass is 19.1. The molecule has 0 aromatic heterocycles. The van der Waals surface area contributed by atoms with Crippen LogP contribution in [0.4, 0.5) is 20.6 Å². The third kappa shape index (κ3) is 3.10. The molecule has 0 fully saturated rings. The van der Waals surface area contributed by atoms with Crippen molar-refractivity contribution in [2.24, 2.45) is 0 Å².